The molecule has 0 unspecified atom stereocenters. The fourth-order valence-electron chi connectivity index (χ4n) is 6.52. The van der Waals surface area contributed by atoms with Gasteiger partial charge in [-0.1, -0.05) is 42.3 Å². The van der Waals surface area contributed by atoms with Crippen LogP contribution in [0.1, 0.15) is 60.1 Å². The highest BCUT2D eigenvalue weighted by atomic mass is 35.5. The van der Waals surface area contributed by atoms with Gasteiger partial charge in [-0.25, -0.2) is 0 Å². The largest absolute Gasteiger partial charge is 0.370 e. The molecule has 2 aliphatic heterocycles. The SMILES string of the molecule is Cc1c([C@H]2[C@H](c3ccccn3)NC(=S)N2c2ccc(N3CCC(C)CC3)c(Cl)c2)c(C)n(-c2cccc(Cl)c2)c1C. The van der Waals surface area contributed by atoms with Gasteiger partial charge in [0.05, 0.1) is 28.5 Å². The summed E-state index contributed by atoms with van der Waals surface area (Å²) in [5.41, 5.74) is 8.80. The van der Waals surface area contributed by atoms with E-state index in [1.165, 1.54) is 29.7 Å². The Kier molecular flexibility index (Phi) is 7.75. The first-order valence-corrected chi connectivity index (χ1v) is 15.4. The zero-order chi connectivity index (χ0) is 28.8. The number of hydrogen-bond acceptors (Lipinski definition) is 3. The van der Waals surface area contributed by atoms with Crippen molar-refractivity contribution >= 4 is 51.9 Å². The molecular weight excluding hydrogens is 569 g/mol. The van der Waals surface area contributed by atoms with Crippen LogP contribution in [0.3, 0.4) is 0 Å². The average Bonchev–Trinajstić information content (AvgIpc) is 3.41. The molecule has 2 aromatic carbocycles. The van der Waals surface area contributed by atoms with Crippen LogP contribution >= 0.6 is 35.4 Å². The second-order valence-corrected chi connectivity index (χ2v) is 12.6. The number of piperidine rings is 1. The molecule has 41 heavy (non-hydrogen) atoms. The molecule has 6 rings (SSSR count). The molecule has 2 atom stereocenters. The third kappa shape index (κ3) is 5.11. The van der Waals surface area contributed by atoms with Crippen LogP contribution in [-0.2, 0) is 0 Å². The molecule has 2 aliphatic rings. The molecule has 0 spiro atoms. The van der Waals surface area contributed by atoms with Crippen LogP contribution in [-0.4, -0.2) is 27.8 Å². The van der Waals surface area contributed by atoms with Crippen LogP contribution in [0.4, 0.5) is 11.4 Å². The Balaban J connectivity index is 1.47. The number of halogens is 2. The van der Waals surface area contributed by atoms with Gasteiger partial charge in [0.25, 0.3) is 0 Å². The summed E-state index contributed by atoms with van der Waals surface area (Å²) in [7, 11) is 0. The maximum Gasteiger partial charge on any atom is 0.174 e. The monoisotopic (exact) mass is 603 g/mol. The Morgan fingerprint density at radius 2 is 1.68 bits per heavy atom. The van der Waals surface area contributed by atoms with Gasteiger partial charge in [0.15, 0.2) is 5.11 Å². The van der Waals surface area contributed by atoms with Crippen LogP contribution in [0.2, 0.25) is 10.0 Å². The van der Waals surface area contributed by atoms with Gasteiger partial charge in [0.1, 0.15) is 0 Å². The van der Waals surface area contributed by atoms with Crippen molar-refractivity contribution in [3.63, 3.8) is 0 Å². The van der Waals surface area contributed by atoms with Gasteiger partial charge in [0.2, 0.25) is 0 Å². The summed E-state index contributed by atoms with van der Waals surface area (Å²) in [6, 6.07) is 20.2. The Labute approximate surface area is 258 Å². The van der Waals surface area contributed by atoms with E-state index < -0.39 is 0 Å². The maximum absolute atomic E-state index is 7.00. The molecule has 2 saturated heterocycles. The number of benzene rings is 2. The van der Waals surface area contributed by atoms with Crippen molar-refractivity contribution in [2.75, 3.05) is 22.9 Å². The Hall–Kier alpha value is -3.06. The van der Waals surface area contributed by atoms with E-state index in [0.717, 1.165) is 52.5 Å². The summed E-state index contributed by atoms with van der Waals surface area (Å²) >= 11 is 19.5. The van der Waals surface area contributed by atoms with Crippen molar-refractivity contribution in [3.05, 3.63) is 105 Å². The van der Waals surface area contributed by atoms with Crippen LogP contribution < -0.4 is 15.1 Å². The van der Waals surface area contributed by atoms with Gasteiger partial charge in [-0.3, -0.25) is 4.98 Å². The third-order valence-electron chi connectivity index (χ3n) is 8.80. The molecule has 0 bridgehead atoms. The fraction of sp³-hybridized carbons (Fsp3) is 0.333. The van der Waals surface area contributed by atoms with Gasteiger partial charge >= 0.3 is 0 Å². The minimum Gasteiger partial charge on any atom is -0.370 e. The molecule has 0 saturated carbocycles. The molecule has 2 fully saturated rings. The highest BCUT2D eigenvalue weighted by Gasteiger charge is 2.43. The lowest BCUT2D eigenvalue weighted by molar-refractivity contribution is 0.438. The molecule has 4 heterocycles. The minimum atomic E-state index is -0.141. The minimum absolute atomic E-state index is 0.130. The van der Waals surface area contributed by atoms with Crippen molar-refractivity contribution in [2.24, 2.45) is 5.92 Å². The summed E-state index contributed by atoms with van der Waals surface area (Å²) in [5.74, 6) is 0.760. The summed E-state index contributed by atoms with van der Waals surface area (Å²) in [4.78, 5) is 9.38. The number of thiocarbonyl (C=S) groups is 1. The predicted molar refractivity (Wildman–Crippen MR) is 175 cm³/mol. The highest BCUT2D eigenvalue weighted by molar-refractivity contribution is 7.80. The van der Waals surface area contributed by atoms with Gasteiger partial charge in [-0.15, -0.1) is 0 Å². The lowest BCUT2D eigenvalue weighted by Gasteiger charge is -2.33. The quantitative estimate of drug-likeness (QED) is 0.231. The third-order valence-corrected chi connectivity index (χ3v) is 9.65. The van der Waals surface area contributed by atoms with E-state index in [4.69, 9.17) is 40.4 Å². The highest BCUT2D eigenvalue weighted by Crippen LogP contribution is 2.46. The van der Waals surface area contributed by atoms with E-state index in [1.807, 2.05) is 36.5 Å². The zero-order valence-electron chi connectivity index (χ0n) is 23.9. The van der Waals surface area contributed by atoms with Gasteiger partial charge in [-0.05, 0) is 106 Å². The summed E-state index contributed by atoms with van der Waals surface area (Å²) in [5, 5.41) is 5.74. The molecule has 4 aromatic rings. The van der Waals surface area contributed by atoms with E-state index in [2.05, 4.69) is 77.7 Å². The van der Waals surface area contributed by atoms with Gasteiger partial charge in [-0.2, -0.15) is 0 Å². The Bertz CT molecular complexity index is 1590. The molecule has 212 valence electrons. The molecule has 5 nitrogen and oxygen atoms in total. The molecule has 1 N–H and O–H groups in total. The fourth-order valence-corrected chi connectivity index (χ4v) is 7.35. The maximum atomic E-state index is 7.00. The van der Waals surface area contributed by atoms with E-state index in [1.54, 1.807) is 0 Å². The van der Waals surface area contributed by atoms with Crippen molar-refractivity contribution < 1.29 is 0 Å². The van der Waals surface area contributed by atoms with Crippen LogP contribution in [0.5, 0.6) is 0 Å². The van der Waals surface area contributed by atoms with Crippen molar-refractivity contribution in [2.45, 2.75) is 52.6 Å². The lowest BCUT2D eigenvalue weighted by Crippen LogP contribution is -2.33. The number of nitrogens with one attached hydrogen (secondary N) is 1. The molecule has 2 aromatic heterocycles. The van der Waals surface area contributed by atoms with E-state index >= 15 is 0 Å². The number of anilines is 2. The van der Waals surface area contributed by atoms with Crippen molar-refractivity contribution in [1.29, 1.82) is 0 Å². The second-order valence-electron chi connectivity index (χ2n) is 11.3. The van der Waals surface area contributed by atoms with E-state index in [0.29, 0.717) is 10.1 Å². The number of rotatable bonds is 5. The van der Waals surface area contributed by atoms with Crippen LogP contribution in [0.25, 0.3) is 5.69 Å². The smallest absolute Gasteiger partial charge is 0.174 e. The first kappa shape index (κ1) is 28.1. The standard InChI is InChI=1S/C33H35Cl2N5S/c1-20-13-16-38(17-14-20)29-12-11-26(19-27(29)35)40-32(31(37-33(40)41)28-10-5-6-15-36-28)30-21(2)22(3)39(23(30)4)25-9-7-8-24(34)18-25/h5-12,15,18-20,31-32H,13-14,16-17H2,1-4H3,(H,37,41)/t31-,32-/m0/s1. The molecule has 8 heteroatoms. The van der Waals surface area contributed by atoms with Gasteiger partial charge < -0.3 is 19.7 Å². The lowest BCUT2D eigenvalue weighted by atomic mass is 9.93. The zero-order valence-corrected chi connectivity index (χ0v) is 26.2. The normalized spacial score (nSPS) is 19.6. The molecule has 0 radical (unpaired) electrons. The summed E-state index contributed by atoms with van der Waals surface area (Å²) in [6.45, 7) is 10.9. The summed E-state index contributed by atoms with van der Waals surface area (Å²) in [6.07, 6.45) is 4.22. The van der Waals surface area contributed by atoms with Crippen LogP contribution in [0.15, 0.2) is 66.9 Å². The molecular formula is C33H35Cl2N5S. The first-order valence-electron chi connectivity index (χ1n) is 14.2. The molecule has 0 aliphatic carbocycles. The second kappa shape index (κ2) is 11.3. The predicted octanol–water partition coefficient (Wildman–Crippen LogP) is 8.52. The first-order chi connectivity index (χ1) is 19.7. The van der Waals surface area contributed by atoms with Crippen molar-refractivity contribution in [1.82, 2.24) is 14.9 Å². The molecule has 0 amide bonds. The Morgan fingerprint density at radius 1 is 0.902 bits per heavy atom. The van der Waals surface area contributed by atoms with Crippen molar-refractivity contribution in [3.8, 4) is 5.69 Å². The van der Waals surface area contributed by atoms with E-state index in [9.17, 15) is 0 Å². The number of aromatic nitrogens is 2. The van der Waals surface area contributed by atoms with E-state index in [-0.39, 0.29) is 12.1 Å². The number of nitrogens with zero attached hydrogens (tertiary/aromatic N) is 4. The Morgan fingerprint density at radius 3 is 2.37 bits per heavy atom. The summed E-state index contributed by atoms with van der Waals surface area (Å²) < 4.78 is 2.29. The number of pyridine rings is 1. The van der Waals surface area contributed by atoms with Gasteiger partial charge in [0, 0.05) is 52.6 Å². The topological polar surface area (TPSA) is 36.3 Å². The number of hydrogen-bond donors (Lipinski definition) is 1. The average molecular weight is 605 g/mol. The van der Waals surface area contributed by atoms with Crippen LogP contribution in [0, 0.1) is 26.7 Å².